The molecule has 2 aliphatic carbocycles. The molecule has 3 fully saturated rings. The molecule has 3 N–H and O–H groups in total. The van der Waals surface area contributed by atoms with Crippen LogP contribution in [-0.4, -0.2) is 84.0 Å². The third-order valence-corrected chi connectivity index (χ3v) is 8.85. The highest BCUT2D eigenvalue weighted by molar-refractivity contribution is 6.30. The molecule has 206 valence electrons. The minimum atomic E-state index is -0.269. The van der Waals surface area contributed by atoms with Crippen molar-refractivity contribution in [1.82, 2.24) is 20.0 Å². The van der Waals surface area contributed by atoms with Crippen LogP contribution in [0.1, 0.15) is 76.2 Å². The fourth-order valence-electron chi connectivity index (χ4n) is 6.43. The smallest absolute Gasteiger partial charge is 0.319 e. The van der Waals surface area contributed by atoms with Crippen molar-refractivity contribution in [3.05, 3.63) is 34.9 Å². The molecule has 0 radical (unpaired) electrons. The highest BCUT2D eigenvalue weighted by Crippen LogP contribution is 2.29. The molecule has 1 atom stereocenters. The highest BCUT2D eigenvalue weighted by atomic mass is 35.5. The van der Waals surface area contributed by atoms with E-state index < -0.39 is 0 Å². The zero-order chi connectivity index (χ0) is 26.4. The van der Waals surface area contributed by atoms with Crippen molar-refractivity contribution in [2.75, 3.05) is 27.2 Å². The van der Waals surface area contributed by atoms with Gasteiger partial charge >= 0.3 is 6.03 Å². The number of amides is 3. The summed E-state index contributed by atoms with van der Waals surface area (Å²) in [5, 5.41) is 4.41. The second-order valence-electron chi connectivity index (χ2n) is 11.6. The molecule has 1 saturated heterocycles. The first-order valence-corrected chi connectivity index (χ1v) is 14.7. The van der Waals surface area contributed by atoms with E-state index in [2.05, 4.69) is 10.2 Å². The molecule has 8 heteroatoms. The van der Waals surface area contributed by atoms with Gasteiger partial charge in [-0.25, -0.2) is 4.79 Å². The van der Waals surface area contributed by atoms with Crippen molar-refractivity contribution in [1.29, 1.82) is 0 Å². The average Bonchev–Trinajstić information content (AvgIpc) is 2.91. The molecule has 0 aromatic heterocycles. The number of likely N-dealkylation sites (tertiary alicyclic amines) is 1. The first kappa shape index (κ1) is 28.2. The number of hydrogen-bond acceptors (Lipinski definition) is 4. The van der Waals surface area contributed by atoms with E-state index in [1.165, 1.54) is 19.3 Å². The Balaban J connectivity index is 1.41. The zero-order valence-electron chi connectivity index (χ0n) is 22.7. The van der Waals surface area contributed by atoms with Crippen LogP contribution in [0.2, 0.25) is 5.02 Å². The SMILES string of the molecule is CN(C)C(=O)N(C1CCCCC1)C1CCN(C(=O)[C@@H](Cc2ccc(Cl)cc2)NC2CCC(N)CC2)CC1. The second-order valence-corrected chi connectivity index (χ2v) is 12.0. The number of carbonyl (C=O) groups is 2. The molecule has 0 unspecified atom stereocenters. The van der Waals surface area contributed by atoms with Gasteiger partial charge in [-0.15, -0.1) is 0 Å². The van der Waals surface area contributed by atoms with Crippen LogP contribution in [0.4, 0.5) is 4.79 Å². The summed E-state index contributed by atoms with van der Waals surface area (Å²) in [5.41, 5.74) is 7.24. The van der Waals surface area contributed by atoms with Crippen molar-refractivity contribution in [2.45, 2.75) is 107 Å². The molecule has 1 aliphatic heterocycles. The standard InChI is InChI=1S/C29H46ClN5O2/c1-33(2)29(37)35(25-6-4-3-5-7-25)26-16-18-34(19-17-26)28(36)27(20-21-8-10-22(30)11-9-21)32-24-14-12-23(31)13-15-24/h8-11,23-27,32H,3-7,12-20,31H2,1-2H3/t23?,24?,27-/m1/s1. The number of nitrogens with two attached hydrogens (primary N) is 1. The van der Waals surface area contributed by atoms with Gasteiger partial charge in [0.25, 0.3) is 0 Å². The van der Waals surface area contributed by atoms with E-state index in [9.17, 15) is 9.59 Å². The maximum Gasteiger partial charge on any atom is 0.319 e. The Labute approximate surface area is 228 Å². The van der Waals surface area contributed by atoms with E-state index >= 15 is 0 Å². The van der Waals surface area contributed by atoms with Crippen LogP contribution in [0.25, 0.3) is 0 Å². The van der Waals surface area contributed by atoms with E-state index in [1.807, 2.05) is 43.3 Å². The molecule has 0 bridgehead atoms. The fraction of sp³-hybridized carbons (Fsp3) is 0.724. The van der Waals surface area contributed by atoms with Crippen molar-refractivity contribution < 1.29 is 9.59 Å². The monoisotopic (exact) mass is 531 g/mol. The van der Waals surface area contributed by atoms with Crippen molar-refractivity contribution in [3.63, 3.8) is 0 Å². The summed E-state index contributed by atoms with van der Waals surface area (Å²) in [6.45, 7) is 1.39. The lowest BCUT2D eigenvalue weighted by Crippen LogP contribution is -2.58. The van der Waals surface area contributed by atoms with Gasteiger partial charge in [0.15, 0.2) is 0 Å². The van der Waals surface area contributed by atoms with Crippen LogP contribution in [0.3, 0.4) is 0 Å². The third kappa shape index (κ3) is 7.61. The number of benzene rings is 1. The van der Waals surface area contributed by atoms with Crippen LogP contribution in [0.5, 0.6) is 0 Å². The normalized spacial score (nSPS) is 24.5. The van der Waals surface area contributed by atoms with Gasteiger partial charge in [-0.1, -0.05) is 43.0 Å². The van der Waals surface area contributed by atoms with Gasteiger partial charge < -0.3 is 25.8 Å². The number of rotatable bonds is 7. The van der Waals surface area contributed by atoms with Crippen molar-refractivity contribution in [2.24, 2.45) is 5.73 Å². The van der Waals surface area contributed by atoms with E-state index in [-0.39, 0.29) is 30.1 Å². The third-order valence-electron chi connectivity index (χ3n) is 8.60. The number of piperidine rings is 1. The quantitative estimate of drug-likeness (QED) is 0.545. The lowest BCUT2D eigenvalue weighted by atomic mass is 9.90. The Morgan fingerprint density at radius 2 is 1.54 bits per heavy atom. The minimum Gasteiger partial charge on any atom is -0.341 e. The van der Waals surface area contributed by atoms with Crippen LogP contribution in [0.15, 0.2) is 24.3 Å². The number of halogens is 1. The largest absolute Gasteiger partial charge is 0.341 e. The van der Waals surface area contributed by atoms with E-state index in [0.717, 1.165) is 56.9 Å². The number of hydrogen-bond donors (Lipinski definition) is 2. The van der Waals surface area contributed by atoms with Crippen molar-refractivity contribution in [3.8, 4) is 0 Å². The molecular weight excluding hydrogens is 486 g/mol. The predicted octanol–water partition coefficient (Wildman–Crippen LogP) is 4.42. The molecule has 4 rings (SSSR count). The molecule has 1 aromatic rings. The van der Waals surface area contributed by atoms with Gasteiger partial charge in [0, 0.05) is 56.4 Å². The average molecular weight is 532 g/mol. The lowest BCUT2D eigenvalue weighted by molar-refractivity contribution is -0.135. The minimum absolute atomic E-state index is 0.120. The Kier molecular flexibility index (Phi) is 10.1. The Morgan fingerprint density at radius 1 is 0.946 bits per heavy atom. The molecule has 7 nitrogen and oxygen atoms in total. The van der Waals surface area contributed by atoms with Crippen molar-refractivity contribution >= 4 is 23.5 Å². The van der Waals surface area contributed by atoms with Gasteiger partial charge in [-0.3, -0.25) is 4.79 Å². The Hall–Kier alpha value is -1.83. The Morgan fingerprint density at radius 3 is 2.14 bits per heavy atom. The fourth-order valence-corrected chi connectivity index (χ4v) is 6.56. The van der Waals surface area contributed by atoms with Gasteiger partial charge in [0.2, 0.25) is 5.91 Å². The molecule has 37 heavy (non-hydrogen) atoms. The summed E-state index contributed by atoms with van der Waals surface area (Å²) in [5.74, 6) is 0.173. The molecule has 1 heterocycles. The lowest BCUT2D eigenvalue weighted by Gasteiger charge is -2.45. The molecule has 0 spiro atoms. The number of nitrogens with one attached hydrogen (secondary N) is 1. The summed E-state index contributed by atoms with van der Waals surface area (Å²) >= 11 is 6.11. The van der Waals surface area contributed by atoms with Crippen LogP contribution < -0.4 is 11.1 Å². The van der Waals surface area contributed by atoms with E-state index in [4.69, 9.17) is 17.3 Å². The van der Waals surface area contributed by atoms with Gasteiger partial charge in [0.05, 0.1) is 6.04 Å². The van der Waals surface area contributed by atoms with E-state index in [0.29, 0.717) is 36.6 Å². The highest BCUT2D eigenvalue weighted by Gasteiger charge is 2.37. The summed E-state index contributed by atoms with van der Waals surface area (Å²) < 4.78 is 0. The molecule has 1 aromatic carbocycles. The summed E-state index contributed by atoms with van der Waals surface area (Å²) in [4.78, 5) is 32.9. The van der Waals surface area contributed by atoms with Gasteiger partial charge in [0.1, 0.15) is 0 Å². The zero-order valence-corrected chi connectivity index (χ0v) is 23.5. The number of nitrogens with zero attached hydrogens (tertiary/aromatic N) is 3. The van der Waals surface area contributed by atoms with Crippen LogP contribution in [0, 0.1) is 0 Å². The second kappa shape index (κ2) is 13.3. The maximum absolute atomic E-state index is 13.9. The van der Waals surface area contributed by atoms with E-state index in [1.54, 1.807) is 4.90 Å². The molecular formula is C29H46ClN5O2. The van der Waals surface area contributed by atoms with Crippen LogP contribution in [-0.2, 0) is 11.2 Å². The molecule has 3 amide bonds. The molecule has 3 aliphatic rings. The Bertz CT molecular complexity index is 873. The van der Waals surface area contributed by atoms with Crippen LogP contribution >= 0.6 is 11.6 Å². The first-order valence-electron chi connectivity index (χ1n) is 14.4. The molecule has 2 saturated carbocycles. The number of carbonyl (C=O) groups excluding carboxylic acids is 2. The summed E-state index contributed by atoms with van der Waals surface area (Å²) in [6, 6.07) is 8.79. The van der Waals surface area contributed by atoms with Gasteiger partial charge in [-0.2, -0.15) is 0 Å². The summed E-state index contributed by atoms with van der Waals surface area (Å²) in [7, 11) is 3.70. The first-order chi connectivity index (χ1) is 17.8. The predicted molar refractivity (Wildman–Crippen MR) is 150 cm³/mol. The number of urea groups is 1. The van der Waals surface area contributed by atoms with Gasteiger partial charge in [-0.05, 0) is 75.5 Å². The maximum atomic E-state index is 13.9. The topological polar surface area (TPSA) is 81.9 Å². The summed E-state index contributed by atoms with van der Waals surface area (Å²) in [6.07, 6.45) is 12.2.